The maximum Gasteiger partial charge on any atom is 0.335 e. The van der Waals surface area contributed by atoms with E-state index >= 15 is 0 Å². The number of hydrogen-bond donors (Lipinski definition) is 2. The Kier molecular flexibility index (Phi) is 7.49. The summed E-state index contributed by atoms with van der Waals surface area (Å²) >= 11 is 0. The second kappa shape index (κ2) is 11.3. The standard InChI is InChI=1S/C30H31N3O4/c34-29(17-22-8-9-23-4-1-2-5-24(23)16-22)32-26-10-11-28(31-19-26)33-14-12-21(13-15-33)20-37-27-7-3-6-25(18-27)30(35)36/h2-3,5-11,16,18-19,21H,1,4,12-15,17,20H2,(H,32,34)(H,35,36). The maximum atomic E-state index is 12.6. The molecule has 2 aromatic carbocycles. The van der Waals surface area contributed by atoms with E-state index in [1.807, 2.05) is 18.2 Å². The minimum Gasteiger partial charge on any atom is -0.493 e. The number of ether oxygens (including phenoxy) is 1. The van der Waals surface area contributed by atoms with Gasteiger partial charge < -0.3 is 20.1 Å². The summed E-state index contributed by atoms with van der Waals surface area (Å²) in [6.07, 6.45) is 10.4. The van der Waals surface area contributed by atoms with Gasteiger partial charge in [-0.1, -0.05) is 36.4 Å². The summed E-state index contributed by atoms with van der Waals surface area (Å²) in [4.78, 5) is 30.5. The van der Waals surface area contributed by atoms with E-state index in [9.17, 15) is 9.59 Å². The first kappa shape index (κ1) is 24.6. The summed E-state index contributed by atoms with van der Waals surface area (Å²) in [5, 5.41) is 12.1. The SMILES string of the molecule is O=C(Cc1ccc2c(c1)C=CCC2)Nc1ccc(N2CCC(COc3cccc(C(=O)O)c3)CC2)nc1. The van der Waals surface area contributed by atoms with E-state index in [0.717, 1.165) is 50.2 Å². The molecule has 0 bridgehead atoms. The number of benzene rings is 2. The van der Waals surface area contributed by atoms with Gasteiger partial charge in [0.2, 0.25) is 5.91 Å². The van der Waals surface area contributed by atoms with Gasteiger partial charge in [-0.2, -0.15) is 0 Å². The molecule has 1 aliphatic heterocycles. The highest BCUT2D eigenvalue weighted by Crippen LogP contribution is 2.25. The molecule has 37 heavy (non-hydrogen) atoms. The maximum absolute atomic E-state index is 12.6. The fourth-order valence-electron chi connectivity index (χ4n) is 4.89. The number of carbonyl (C=O) groups is 2. The van der Waals surface area contributed by atoms with E-state index in [4.69, 9.17) is 9.84 Å². The summed E-state index contributed by atoms with van der Waals surface area (Å²) in [5.41, 5.74) is 4.49. The van der Waals surface area contributed by atoms with Gasteiger partial charge >= 0.3 is 5.97 Å². The van der Waals surface area contributed by atoms with Crippen molar-refractivity contribution < 1.29 is 19.4 Å². The topological polar surface area (TPSA) is 91.8 Å². The third-order valence-electron chi connectivity index (χ3n) is 6.99. The van der Waals surface area contributed by atoms with Crippen molar-refractivity contribution in [1.29, 1.82) is 0 Å². The van der Waals surface area contributed by atoms with Crippen LogP contribution in [0.15, 0.2) is 66.9 Å². The molecule has 0 unspecified atom stereocenters. The Bertz CT molecular complexity index is 1290. The van der Waals surface area contributed by atoms with Crippen LogP contribution in [-0.2, 0) is 17.6 Å². The lowest BCUT2D eigenvalue weighted by atomic mass is 9.95. The number of aryl methyl sites for hydroxylation is 1. The number of carbonyl (C=O) groups excluding carboxylic acids is 1. The van der Waals surface area contributed by atoms with Crippen molar-refractivity contribution in [2.75, 3.05) is 29.9 Å². The molecule has 1 amide bonds. The predicted octanol–water partition coefficient (Wildman–Crippen LogP) is 5.22. The lowest BCUT2D eigenvalue weighted by Crippen LogP contribution is -2.36. The Morgan fingerprint density at radius 3 is 2.73 bits per heavy atom. The first-order chi connectivity index (χ1) is 18.0. The molecule has 7 heteroatoms. The fraction of sp³-hybridized carbons (Fsp3) is 0.300. The smallest absolute Gasteiger partial charge is 0.335 e. The van der Waals surface area contributed by atoms with Crippen molar-refractivity contribution in [3.8, 4) is 5.75 Å². The second-order valence-electron chi connectivity index (χ2n) is 9.68. The van der Waals surface area contributed by atoms with E-state index in [0.29, 0.717) is 30.4 Å². The molecular formula is C30H31N3O4. The first-order valence-electron chi connectivity index (χ1n) is 12.8. The van der Waals surface area contributed by atoms with Crippen LogP contribution >= 0.6 is 0 Å². The Labute approximate surface area is 216 Å². The monoisotopic (exact) mass is 497 g/mol. The van der Waals surface area contributed by atoms with Crippen molar-refractivity contribution in [2.24, 2.45) is 5.92 Å². The molecule has 2 N–H and O–H groups in total. The Balaban J connectivity index is 1.08. The van der Waals surface area contributed by atoms with Gasteiger partial charge in [0.15, 0.2) is 0 Å². The van der Waals surface area contributed by atoms with Gasteiger partial charge in [-0.05, 0) is 78.6 Å². The number of nitrogens with zero attached hydrogens (tertiary/aromatic N) is 2. The van der Waals surface area contributed by atoms with Crippen molar-refractivity contribution >= 4 is 29.5 Å². The van der Waals surface area contributed by atoms with Crippen LogP contribution in [0, 0.1) is 5.92 Å². The minimum atomic E-state index is -0.955. The largest absolute Gasteiger partial charge is 0.493 e. The molecule has 2 heterocycles. The number of aromatic carboxylic acids is 1. The van der Waals surface area contributed by atoms with Gasteiger partial charge in [0, 0.05) is 13.1 Å². The third kappa shape index (κ3) is 6.36. The van der Waals surface area contributed by atoms with Crippen LogP contribution in [-0.4, -0.2) is 41.7 Å². The molecule has 1 saturated heterocycles. The summed E-state index contributed by atoms with van der Waals surface area (Å²) in [7, 11) is 0. The minimum absolute atomic E-state index is 0.0519. The molecule has 1 fully saturated rings. The molecule has 2 aliphatic rings. The number of piperidine rings is 1. The molecule has 0 radical (unpaired) electrons. The van der Waals surface area contributed by atoms with Crippen LogP contribution in [0.25, 0.3) is 6.08 Å². The number of allylic oxidation sites excluding steroid dienone is 1. The number of aromatic nitrogens is 1. The predicted molar refractivity (Wildman–Crippen MR) is 144 cm³/mol. The van der Waals surface area contributed by atoms with Crippen LogP contribution in [0.5, 0.6) is 5.75 Å². The zero-order valence-corrected chi connectivity index (χ0v) is 20.7. The lowest BCUT2D eigenvalue weighted by Gasteiger charge is -2.32. The van der Waals surface area contributed by atoms with Crippen molar-refractivity contribution in [3.05, 3.63) is 89.1 Å². The molecule has 0 saturated carbocycles. The third-order valence-corrected chi connectivity index (χ3v) is 6.99. The number of carboxylic acids is 1. The number of hydrogen-bond acceptors (Lipinski definition) is 5. The van der Waals surface area contributed by atoms with Gasteiger partial charge in [0.25, 0.3) is 0 Å². The van der Waals surface area contributed by atoms with E-state index in [2.05, 4.69) is 39.5 Å². The average Bonchev–Trinajstić information content (AvgIpc) is 2.93. The number of anilines is 2. The van der Waals surface area contributed by atoms with Crippen LogP contribution < -0.4 is 15.0 Å². The van der Waals surface area contributed by atoms with Gasteiger partial charge in [-0.3, -0.25) is 4.79 Å². The van der Waals surface area contributed by atoms with E-state index in [1.165, 1.54) is 11.1 Å². The molecule has 3 aromatic rings. The number of rotatable bonds is 8. The van der Waals surface area contributed by atoms with E-state index < -0.39 is 5.97 Å². The van der Waals surface area contributed by atoms with E-state index in [-0.39, 0.29) is 11.5 Å². The lowest BCUT2D eigenvalue weighted by molar-refractivity contribution is -0.115. The molecule has 0 atom stereocenters. The number of pyridine rings is 1. The zero-order chi connectivity index (χ0) is 25.6. The summed E-state index contributed by atoms with van der Waals surface area (Å²) in [6.45, 7) is 2.30. The zero-order valence-electron chi connectivity index (χ0n) is 20.7. The molecule has 7 nitrogen and oxygen atoms in total. The number of fused-ring (bicyclic) bond motifs is 1. The highest BCUT2D eigenvalue weighted by molar-refractivity contribution is 5.92. The van der Waals surface area contributed by atoms with E-state index in [1.54, 1.807) is 30.5 Å². The van der Waals surface area contributed by atoms with Crippen molar-refractivity contribution in [1.82, 2.24) is 4.98 Å². The molecule has 190 valence electrons. The second-order valence-corrected chi connectivity index (χ2v) is 9.68. The van der Waals surface area contributed by atoms with Crippen LogP contribution in [0.1, 0.15) is 46.3 Å². The number of nitrogens with one attached hydrogen (secondary N) is 1. The summed E-state index contributed by atoms with van der Waals surface area (Å²) in [5.74, 6) is 0.883. The van der Waals surface area contributed by atoms with Gasteiger partial charge in [-0.25, -0.2) is 9.78 Å². The van der Waals surface area contributed by atoms with Gasteiger partial charge in [-0.15, -0.1) is 0 Å². The fourth-order valence-corrected chi connectivity index (χ4v) is 4.89. The first-order valence-corrected chi connectivity index (χ1v) is 12.8. The van der Waals surface area contributed by atoms with Crippen LogP contribution in [0.3, 0.4) is 0 Å². The number of amides is 1. The average molecular weight is 498 g/mol. The molecule has 1 aliphatic carbocycles. The Morgan fingerprint density at radius 2 is 1.95 bits per heavy atom. The normalized spacial score (nSPS) is 15.2. The highest BCUT2D eigenvalue weighted by atomic mass is 16.5. The van der Waals surface area contributed by atoms with Crippen molar-refractivity contribution in [3.63, 3.8) is 0 Å². The molecule has 5 rings (SSSR count). The Morgan fingerprint density at radius 1 is 1.08 bits per heavy atom. The molecule has 0 spiro atoms. The summed E-state index contributed by atoms with van der Waals surface area (Å²) < 4.78 is 5.86. The quantitative estimate of drug-likeness (QED) is 0.444. The summed E-state index contributed by atoms with van der Waals surface area (Å²) in [6, 6.07) is 16.7. The van der Waals surface area contributed by atoms with Gasteiger partial charge in [0.05, 0.1) is 30.5 Å². The van der Waals surface area contributed by atoms with Crippen LogP contribution in [0.4, 0.5) is 11.5 Å². The highest BCUT2D eigenvalue weighted by Gasteiger charge is 2.21. The molecule has 1 aromatic heterocycles. The van der Waals surface area contributed by atoms with Crippen molar-refractivity contribution in [2.45, 2.75) is 32.1 Å². The number of carboxylic acid groups (broad SMARTS) is 1. The van der Waals surface area contributed by atoms with Gasteiger partial charge in [0.1, 0.15) is 11.6 Å². The Hall–Kier alpha value is -4.13. The van der Waals surface area contributed by atoms with Crippen LogP contribution in [0.2, 0.25) is 0 Å². The molecular weight excluding hydrogens is 466 g/mol.